The van der Waals surface area contributed by atoms with Gasteiger partial charge in [-0.3, -0.25) is 14.4 Å². The van der Waals surface area contributed by atoms with Crippen LogP contribution in [0.5, 0.6) is 0 Å². The van der Waals surface area contributed by atoms with Gasteiger partial charge in [0.15, 0.2) is 0 Å². The summed E-state index contributed by atoms with van der Waals surface area (Å²) in [4.78, 5) is 55.3. The highest BCUT2D eigenvalue weighted by atomic mass is 32.1. The van der Waals surface area contributed by atoms with Crippen molar-refractivity contribution in [2.75, 3.05) is 5.75 Å². The number of hydrogen-bond acceptors (Lipinski definition) is 8. The first kappa shape index (κ1) is 26.4. The molecule has 174 valence electrons. The minimum absolute atomic E-state index is 0.0794. The molecule has 0 aliphatic rings. The Bertz CT molecular complexity index is 757. The van der Waals surface area contributed by atoms with E-state index in [2.05, 4.69) is 38.5 Å². The maximum absolute atomic E-state index is 12.6. The highest BCUT2D eigenvalue weighted by Crippen LogP contribution is 2.03. The zero-order chi connectivity index (χ0) is 23.7. The van der Waals surface area contributed by atoms with Crippen molar-refractivity contribution < 1.29 is 29.4 Å². The maximum atomic E-state index is 12.6. The summed E-state index contributed by atoms with van der Waals surface area (Å²) in [5.41, 5.74) is 6.24. The minimum Gasteiger partial charge on any atom is -0.480 e. The number of aliphatic carboxylic acids is 1. The number of rotatable bonds is 12. The molecule has 0 bridgehead atoms. The average Bonchev–Trinajstić information content (AvgIpc) is 3.21. The summed E-state index contributed by atoms with van der Waals surface area (Å²) in [5, 5.41) is 26.4. The molecule has 0 aliphatic heterocycles. The largest absolute Gasteiger partial charge is 0.480 e. The molecule has 0 radical (unpaired) electrons. The zero-order valence-corrected chi connectivity index (χ0v) is 18.4. The molecule has 1 heterocycles. The number of aliphatic hydroxyl groups is 1. The number of aromatic amines is 1. The highest BCUT2D eigenvalue weighted by Gasteiger charge is 2.32. The van der Waals surface area contributed by atoms with E-state index in [4.69, 9.17) is 5.73 Å². The van der Waals surface area contributed by atoms with E-state index in [9.17, 15) is 29.4 Å². The number of nitrogens with one attached hydrogen (secondary N) is 4. The van der Waals surface area contributed by atoms with Gasteiger partial charge in [0.25, 0.3) is 0 Å². The van der Waals surface area contributed by atoms with E-state index < -0.39 is 54.0 Å². The minimum atomic E-state index is -1.46. The number of carbonyl (C=O) groups excluding carboxylic acids is 3. The Hall–Kier alpha value is -2.64. The van der Waals surface area contributed by atoms with Gasteiger partial charge < -0.3 is 36.9 Å². The molecular weight excluding hydrogens is 428 g/mol. The third kappa shape index (κ3) is 8.19. The van der Waals surface area contributed by atoms with Gasteiger partial charge in [-0.1, -0.05) is 13.8 Å². The Morgan fingerprint density at radius 3 is 2.16 bits per heavy atom. The topological polar surface area (TPSA) is 200 Å². The van der Waals surface area contributed by atoms with Gasteiger partial charge in [0.2, 0.25) is 17.7 Å². The molecule has 3 amide bonds. The van der Waals surface area contributed by atoms with Crippen molar-refractivity contribution in [3.63, 3.8) is 0 Å². The van der Waals surface area contributed by atoms with E-state index in [-0.39, 0.29) is 18.1 Å². The van der Waals surface area contributed by atoms with Gasteiger partial charge in [0.05, 0.1) is 18.5 Å². The Labute approximate surface area is 185 Å². The molecule has 12 nitrogen and oxygen atoms in total. The molecule has 1 aromatic heterocycles. The molecular formula is C18H30N6O6S. The van der Waals surface area contributed by atoms with E-state index in [1.54, 1.807) is 13.8 Å². The predicted molar refractivity (Wildman–Crippen MR) is 114 cm³/mol. The quantitative estimate of drug-likeness (QED) is 0.161. The summed E-state index contributed by atoms with van der Waals surface area (Å²) in [7, 11) is 0. The van der Waals surface area contributed by atoms with Gasteiger partial charge in [0.1, 0.15) is 18.1 Å². The lowest BCUT2D eigenvalue weighted by molar-refractivity contribution is -0.143. The van der Waals surface area contributed by atoms with Crippen molar-refractivity contribution in [2.45, 2.75) is 57.5 Å². The number of aromatic nitrogens is 2. The van der Waals surface area contributed by atoms with Crippen molar-refractivity contribution in [1.82, 2.24) is 25.9 Å². The summed E-state index contributed by atoms with van der Waals surface area (Å²) in [6, 6.07) is -4.75. The van der Waals surface area contributed by atoms with Crippen LogP contribution in [0.25, 0.3) is 0 Å². The van der Waals surface area contributed by atoms with E-state index >= 15 is 0 Å². The molecule has 8 N–H and O–H groups in total. The molecule has 0 fully saturated rings. The highest BCUT2D eigenvalue weighted by molar-refractivity contribution is 7.80. The number of carbonyl (C=O) groups is 4. The number of thiol groups is 1. The number of carboxylic acids is 1. The molecule has 5 unspecified atom stereocenters. The number of amides is 3. The second-order valence-corrected chi connectivity index (χ2v) is 7.79. The van der Waals surface area contributed by atoms with Crippen LogP contribution in [0.1, 0.15) is 26.5 Å². The van der Waals surface area contributed by atoms with Crippen LogP contribution in [0.4, 0.5) is 0 Å². The molecule has 13 heteroatoms. The number of nitrogens with two attached hydrogens (primary N) is 1. The van der Waals surface area contributed by atoms with Crippen molar-refractivity contribution in [3.8, 4) is 0 Å². The van der Waals surface area contributed by atoms with Gasteiger partial charge in [-0.15, -0.1) is 0 Å². The fourth-order valence-electron chi connectivity index (χ4n) is 2.50. The monoisotopic (exact) mass is 458 g/mol. The second kappa shape index (κ2) is 12.3. The van der Waals surface area contributed by atoms with Crippen molar-refractivity contribution in [2.24, 2.45) is 11.7 Å². The van der Waals surface area contributed by atoms with Crippen molar-refractivity contribution in [1.29, 1.82) is 0 Å². The van der Waals surface area contributed by atoms with Gasteiger partial charge in [-0.2, -0.15) is 12.6 Å². The number of carboxylic acid groups (broad SMARTS) is 1. The number of nitrogens with zero attached hydrogens (tertiary/aromatic N) is 1. The summed E-state index contributed by atoms with van der Waals surface area (Å²) < 4.78 is 0. The predicted octanol–water partition coefficient (Wildman–Crippen LogP) is -2.21. The summed E-state index contributed by atoms with van der Waals surface area (Å²) in [6.07, 6.45) is 1.35. The molecule has 0 aromatic carbocycles. The van der Waals surface area contributed by atoms with Gasteiger partial charge >= 0.3 is 5.97 Å². The smallest absolute Gasteiger partial charge is 0.326 e. The van der Waals surface area contributed by atoms with Crippen LogP contribution < -0.4 is 21.7 Å². The second-order valence-electron chi connectivity index (χ2n) is 7.42. The third-order valence-electron chi connectivity index (χ3n) is 4.49. The first-order valence-corrected chi connectivity index (χ1v) is 10.3. The van der Waals surface area contributed by atoms with E-state index in [0.29, 0.717) is 5.69 Å². The molecule has 0 saturated carbocycles. The first-order chi connectivity index (χ1) is 14.5. The lowest BCUT2D eigenvalue weighted by atomic mass is 10.0. The fourth-order valence-corrected chi connectivity index (χ4v) is 2.76. The standard InChI is InChI=1S/C18H30N6O6S/c1-8(2)13(19)16(27)23-12(6-31)15(26)24-14(9(3)25)17(28)22-11(18(29)30)4-10-5-20-7-21-10/h5,7-9,11-14,25,31H,4,6,19H2,1-3H3,(H,20,21)(H,22,28)(H,23,27)(H,24,26)(H,29,30). The number of aliphatic hydroxyl groups excluding tert-OH is 1. The van der Waals surface area contributed by atoms with Gasteiger partial charge in [-0.25, -0.2) is 9.78 Å². The van der Waals surface area contributed by atoms with E-state index in [1.807, 2.05) is 0 Å². The van der Waals surface area contributed by atoms with Crippen molar-refractivity contribution in [3.05, 3.63) is 18.2 Å². The van der Waals surface area contributed by atoms with Crippen molar-refractivity contribution >= 4 is 36.3 Å². The molecule has 0 spiro atoms. The first-order valence-electron chi connectivity index (χ1n) is 9.63. The van der Waals surface area contributed by atoms with E-state index in [1.165, 1.54) is 19.4 Å². The summed E-state index contributed by atoms with van der Waals surface area (Å²) in [5.74, 6) is -3.80. The van der Waals surface area contributed by atoms with Crippen LogP contribution in [0.2, 0.25) is 0 Å². The van der Waals surface area contributed by atoms with E-state index in [0.717, 1.165) is 0 Å². The molecule has 1 aromatic rings. The molecule has 0 saturated heterocycles. The van der Waals surface area contributed by atoms with Crippen LogP contribution in [0.3, 0.4) is 0 Å². The zero-order valence-electron chi connectivity index (χ0n) is 17.5. The number of H-pyrrole nitrogens is 1. The normalized spacial score (nSPS) is 16.0. The van der Waals surface area contributed by atoms with Gasteiger partial charge in [-0.05, 0) is 12.8 Å². The number of hydrogen-bond donors (Lipinski definition) is 8. The molecule has 5 atom stereocenters. The van der Waals surface area contributed by atoms with Crippen LogP contribution in [-0.4, -0.2) is 79.9 Å². The molecule has 0 aliphatic carbocycles. The van der Waals surface area contributed by atoms with Gasteiger partial charge in [0, 0.05) is 24.1 Å². The Kier molecular flexibility index (Phi) is 10.4. The third-order valence-corrected chi connectivity index (χ3v) is 4.86. The van der Waals surface area contributed by atoms with Crippen LogP contribution in [0.15, 0.2) is 12.5 Å². The lowest BCUT2D eigenvalue weighted by Crippen LogP contribution is -2.60. The lowest BCUT2D eigenvalue weighted by Gasteiger charge is -2.26. The Morgan fingerprint density at radius 2 is 1.71 bits per heavy atom. The summed E-state index contributed by atoms with van der Waals surface area (Å²) in [6.45, 7) is 4.75. The molecule has 1 rings (SSSR count). The van der Waals surface area contributed by atoms with Crippen LogP contribution >= 0.6 is 12.6 Å². The van der Waals surface area contributed by atoms with Crippen LogP contribution in [-0.2, 0) is 25.6 Å². The average molecular weight is 459 g/mol. The molecule has 31 heavy (non-hydrogen) atoms. The fraction of sp³-hybridized carbons (Fsp3) is 0.611. The maximum Gasteiger partial charge on any atom is 0.326 e. The SMILES string of the molecule is CC(C)C(N)C(=O)NC(CS)C(=O)NC(C(=O)NC(Cc1cnc[nH]1)C(=O)O)C(C)O. The Morgan fingerprint density at radius 1 is 1.10 bits per heavy atom. The van der Waals surface area contributed by atoms with Crippen LogP contribution in [0, 0.1) is 5.92 Å². The Balaban J connectivity index is 2.84. The summed E-state index contributed by atoms with van der Waals surface area (Å²) >= 11 is 4.04. The number of imidazole rings is 1.